The summed E-state index contributed by atoms with van der Waals surface area (Å²) >= 11 is 0. The van der Waals surface area contributed by atoms with Crippen LogP contribution < -0.4 is 29.4 Å². The molecule has 0 atom stereocenters. The van der Waals surface area contributed by atoms with Crippen LogP contribution in [0.3, 0.4) is 0 Å². The van der Waals surface area contributed by atoms with Crippen LogP contribution in [-0.2, 0) is 65.4 Å². The summed E-state index contributed by atoms with van der Waals surface area (Å²) in [6.07, 6.45) is 0. The monoisotopic (exact) mass is 2050 g/mol. The van der Waals surface area contributed by atoms with Crippen LogP contribution in [0.2, 0.25) is 0 Å². The van der Waals surface area contributed by atoms with Crippen LogP contribution in [-0.4, -0.2) is 0 Å². The number of benzene rings is 19. The normalized spacial score (nSPS) is 9.31. The van der Waals surface area contributed by atoms with Gasteiger partial charge in [0.15, 0.2) is 0 Å². The first-order valence-electron chi connectivity index (χ1n) is 50.7. The minimum atomic E-state index is 0. The fourth-order valence-electron chi connectivity index (χ4n) is 15.3. The molecule has 2 radical (unpaired) electrons. The summed E-state index contributed by atoms with van der Waals surface area (Å²) in [5.41, 5.74) is 29.9. The van der Waals surface area contributed by atoms with Crippen molar-refractivity contribution >= 4 is 102 Å². The molecule has 19 rings (SSSR count). The molecule has 0 aliphatic heterocycles. The third kappa shape index (κ3) is 35.9. The molecule has 0 saturated heterocycles. The van der Waals surface area contributed by atoms with Gasteiger partial charge in [0.25, 0.3) is 0 Å². The van der Waals surface area contributed by atoms with E-state index >= 15 is 0 Å². The van der Waals surface area contributed by atoms with Gasteiger partial charge in [-0.15, -0.1) is 0 Å². The number of nitrogens with zero attached hydrogens (tertiary/aromatic N) is 6. The summed E-state index contributed by atoms with van der Waals surface area (Å²) in [5, 5.41) is 0. The fraction of sp³-hybridized carbons (Fsp3) is 0.147. The summed E-state index contributed by atoms with van der Waals surface area (Å²) in [4.78, 5) is 13.7. The van der Waals surface area contributed by atoms with E-state index in [1.54, 1.807) is 0 Å². The van der Waals surface area contributed by atoms with Gasteiger partial charge in [0.2, 0.25) is 0 Å². The largest absolute Gasteiger partial charge is 0.358 e. The summed E-state index contributed by atoms with van der Waals surface area (Å²) in [7, 11) is 0. The minimum absolute atomic E-state index is 0. The van der Waals surface area contributed by atoms with Crippen LogP contribution in [0.1, 0.15) is 138 Å². The smallest absolute Gasteiger partial charge is 0.0462 e. The molecule has 0 fully saturated rings. The molecule has 6 nitrogen and oxygen atoms in total. The Hall–Kier alpha value is -13.8. The SMILES string of the molecule is CC.CC.CC.CC.CC.CC.CC.CC.CC.CC.[CH3-].[CH3-].[Y].[Y].c1ccc(N(c2ccccc2)c2ccc(-c3ccc(-c4ccc(N(c5ccccc5)c5ccccc5)cc4)cc3)cc2)cc1.c1ccc(N(c2ccccc2)c2ccc(-c3ccc(N(c4ccccc4)c4ccccc4)cc3)cc2)cc1.c1ccc(N(c2ccccc2)c2ccc(-c3ccc(N(c4ccccc4)c4ccccc4)cc3)cc2)cc1. The average Bonchev–Trinajstić information content (AvgIpc) is 0.811. The molecule has 144 heavy (non-hydrogen) atoms. The van der Waals surface area contributed by atoms with E-state index in [1.807, 2.05) is 138 Å². The Labute approximate surface area is 920 Å². The second-order valence-electron chi connectivity index (χ2n) is 28.9. The number of hydrogen-bond acceptors (Lipinski definition) is 6. The van der Waals surface area contributed by atoms with E-state index < -0.39 is 0 Å². The van der Waals surface area contributed by atoms with Crippen molar-refractivity contribution in [3.05, 3.63) is 549 Å². The Morgan fingerprint density at radius 3 is 0.208 bits per heavy atom. The molecular formula is C136H154N6Y2-2. The first kappa shape index (κ1) is 124. The molecule has 8 heteroatoms. The average molecular weight is 2050 g/mol. The molecule has 0 aliphatic rings. The zero-order valence-electron chi connectivity index (χ0n) is 89.6. The Morgan fingerprint density at radius 1 is 0.0833 bits per heavy atom. The predicted molar refractivity (Wildman–Crippen MR) is 635 cm³/mol. The Balaban J connectivity index is 0.000000504. The van der Waals surface area contributed by atoms with Gasteiger partial charge in [0.1, 0.15) is 0 Å². The standard InChI is InChI=1S/C42H32N2.2C36H28N2.10C2H6.2CH3.2Y/c1-5-13-37(14-6-1)43(38-15-7-2-8-16-38)41-29-25-35(26-30-41)33-21-23-34(24-22-33)36-27-31-42(32-28-36)44(39-17-9-3-10-18-39)40-19-11-4-12-20-40;2*1-5-13-31(14-6-1)37(32-15-7-2-8-16-32)35-25-21-29(22-26-35)30-23-27-36(28-24-30)38(33-17-9-3-10-18-33)34-19-11-4-12-20-34;10*1-2;;;;/h1-32H;2*1-28H;10*1-2H3;2*1H3;;/q;;;;;;;;;;;;;2*-1;;. The molecule has 0 spiro atoms. The second kappa shape index (κ2) is 73.3. The van der Waals surface area contributed by atoms with Crippen LogP contribution in [0.15, 0.2) is 534 Å². The van der Waals surface area contributed by atoms with E-state index in [2.05, 4.69) is 563 Å². The van der Waals surface area contributed by atoms with Gasteiger partial charge in [-0.25, -0.2) is 0 Å². The van der Waals surface area contributed by atoms with E-state index in [9.17, 15) is 0 Å². The first-order valence-corrected chi connectivity index (χ1v) is 50.7. The van der Waals surface area contributed by atoms with Crippen molar-refractivity contribution in [1.29, 1.82) is 0 Å². The molecule has 0 bridgehead atoms. The summed E-state index contributed by atoms with van der Waals surface area (Å²) in [5.74, 6) is 0. The fourth-order valence-corrected chi connectivity index (χ4v) is 15.3. The summed E-state index contributed by atoms with van der Waals surface area (Å²) in [6, 6.07) is 188. The van der Waals surface area contributed by atoms with Gasteiger partial charge in [-0.05, 0) is 263 Å². The van der Waals surface area contributed by atoms with E-state index in [-0.39, 0.29) is 80.3 Å². The van der Waals surface area contributed by atoms with E-state index in [0.717, 1.165) is 102 Å². The molecule has 19 aromatic rings. The van der Waals surface area contributed by atoms with Gasteiger partial charge in [-0.3, -0.25) is 0 Å². The van der Waals surface area contributed by atoms with Gasteiger partial charge < -0.3 is 44.3 Å². The maximum absolute atomic E-state index is 2.28. The van der Waals surface area contributed by atoms with Crippen LogP contribution in [0.4, 0.5) is 102 Å². The van der Waals surface area contributed by atoms with Crippen molar-refractivity contribution < 1.29 is 65.4 Å². The van der Waals surface area contributed by atoms with Gasteiger partial charge in [0.05, 0.1) is 0 Å². The second-order valence-corrected chi connectivity index (χ2v) is 28.9. The van der Waals surface area contributed by atoms with Crippen molar-refractivity contribution in [2.24, 2.45) is 0 Å². The molecule has 0 heterocycles. The molecule has 0 aromatic heterocycles. The van der Waals surface area contributed by atoms with Crippen LogP contribution >= 0.6 is 0 Å². The molecular weight excluding hydrogens is 1900 g/mol. The van der Waals surface area contributed by atoms with Crippen molar-refractivity contribution in [2.45, 2.75) is 138 Å². The third-order valence-corrected chi connectivity index (χ3v) is 21.1. The van der Waals surface area contributed by atoms with Crippen molar-refractivity contribution in [3.63, 3.8) is 0 Å². The summed E-state index contributed by atoms with van der Waals surface area (Å²) < 4.78 is 0. The number of para-hydroxylation sites is 12. The topological polar surface area (TPSA) is 19.4 Å². The van der Waals surface area contributed by atoms with Crippen LogP contribution in [0.5, 0.6) is 0 Å². The first-order chi connectivity index (χ1) is 69.6. The Kier molecular flexibility index (Phi) is 63.3. The molecule has 0 amide bonds. The molecule has 736 valence electrons. The third-order valence-electron chi connectivity index (χ3n) is 21.1. The zero-order chi connectivity index (χ0) is 101. The Bertz CT molecular complexity index is 5410. The van der Waals surface area contributed by atoms with Crippen LogP contribution in [0, 0.1) is 14.9 Å². The molecule has 0 saturated carbocycles. The molecule has 19 aromatic carbocycles. The maximum atomic E-state index is 2.28. The number of anilines is 18. The van der Waals surface area contributed by atoms with Crippen molar-refractivity contribution in [2.75, 3.05) is 29.4 Å². The van der Waals surface area contributed by atoms with Crippen molar-refractivity contribution in [1.82, 2.24) is 0 Å². The van der Waals surface area contributed by atoms with Gasteiger partial charge in [0, 0.05) is 168 Å². The molecule has 0 unspecified atom stereocenters. The number of rotatable bonds is 22. The number of hydrogen-bond donors (Lipinski definition) is 0. The quantitative estimate of drug-likeness (QED) is 0.0626. The maximum Gasteiger partial charge on any atom is 0.0462 e. The molecule has 0 N–H and O–H groups in total. The van der Waals surface area contributed by atoms with Gasteiger partial charge in [-0.2, -0.15) is 0 Å². The van der Waals surface area contributed by atoms with E-state index in [1.165, 1.54) is 44.5 Å². The van der Waals surface area contributed by atoms with E-state index in [0.29, 0.717) is 0 Å². The molecule has 0 aliphatic carbocycles. The van der Waals surface area contributed by atoms with E-state index in [4.69, 9.17) is 0 Å². The zero-order valence-corrected chi connectivity index (χ0v) is 95.3. The van der Waals surface area contributed by atoms with Crippen LogP contribution in [0.25, 0.3) is 44.5 Å². The van der Waals surface area contributed by atoms with Crippen molar-refractivity contribution in [3.8, 4) is 44.5 Å². The minimum Gasteiger partial charge on any atom is -0.358 e. The Morgan fingerprint density at radius 2 is 0.139 bits per heavy atom. The summed E-state index contributed by atoms with van der Waals surface area (Å²) in [6.45, 7) is 40.0. The van der Waals surface area contributed by atoms with Gasteiger partial charge >= 0.3 is 0 Å². The predicted octanol–water partition coefficient (Wildman–Crippen LogP) is 43.7. The van der Waals surface area contributed by atoms with Gasteiger partial charge in [-0.1, -0.05) is 454 Å².